The van der Waals surface area contributed by atoms with Crippen LogP contribution in [0.4, 0.5) is 0 Å². The molecule has 1 rings (SSSR count). The summed E-state index contributed by atoms with van der Waals surface area (Å²) >= 11 is 6.90. The van der Waals surface area contributed by atoms with Gasteiger partial charge in [-0.2, -0.15) is 0 Å². The minimum absolute atomic E-state index is 0.0169. The lowest BCUT2D eigenvalue weighted by Crippen LogP contribution is -2.40. The fourth-order valence-corrected chi connectivity index (χ4v) is 3.33. The average molecular weight is 408 g/mol. The molecule has 1 aromatic rings. The van der Waals surface area contributed by atoms with E-state index in [1.807, 2.05) is 26.0 Å². The normalized spacial score (nSPS) is 12.1. The second kappa shape index (κ2) is 8.00. The third-order valence-corrected chi connectivity index (χ3v) is 4.19. The zero-order valence-corrected chi connectivity index (χ0v) is 15.1. The molecule has 112 valence electrons. The van der Waals surface area contributed by atoms with Gasteiger partial charge in [-0.3, -0.25) is 4.79 Å². The van der Waals surface area contributed by atoms with Gasteiger partial charge in [0.2, 0.25) is 0 Å². The van der Waals surface area contributed by atoms with Crippen molar-refractivity contribution in [2.24, 2.45) is 5.73 Å². The summed E-state index contributed by atoms with van der Waals surface area (Å²) < 4.78 is 7.36. The highest BCUT2D eigenvalue weighted by molar-refractivity contribution is 9.11. The van der Waals surface area contributed by atoms with Crippen LogP contribution in [-0.4, -0.2) is 30.0 Å². The van der Waals surface area contributed by atoms with Gasteiger partial charge in [0.15, 0.2) is 6.10 Å². The number of benzene rings is 1. The first-order valence-corrected chi connectivity index (χ1v) is 8.16. The molecule has 0 bridgehead atoms. The van der Waals surface area contributed by atoms with Crippen molar-refractivity contribution >= 4 is 37.8 Å². The van der Waals surface area contributed by atoms with Crippen LogP contribution in [-0.2, 0) is 11.3 Å². The van der Waals surface area contributed by atoms with Gasteiger partial charge in [0.1, 0.15) is 5.75 Å². The number of rotatable bonds is 6. The van der Waals surface area contributed by atoms with Crippen LogP contribution in [0.3, 0.4) is 0 Å². The number of ether oxygens (including phenoxy) is 1. The number of likely N-dealkylation sites (N-methyl/N-ethyl adjacent to an activating group) is 1. The van der Waals surface area contributed by atoms with E-state index in [0.29, 0.717) is 25.4 Å². The first kappa shape index (κ1) is 17.5. The number of nitrogens with two attached hydrogens (primary N) is 1. The van der Waals surface area contributed by atoms with E-state index >= 15 is 0 Å². The summed E-state index contributed by atoms with van der Waals surface area (Å²) in [6.07, 6.45) is -0.536. The van der Waals surface area contributed by atoms with E-state index in [-0.39, 0.29) is 5.91 Å². The van der Waals surface area contributed by atoms with Crippen molar-refractivity contribution in [1.82, 2.24) is 4.90 Å². The third-order valence-electron chi connectivity index (χ3n) is 3.01. The maximum atomic E-state index is 12.2. The zero-order chi connectivity index (χ0) is 15.3. The third kappa shape index (κ3) is 4.20. The molecular weight excluding hydrogens is 388 g/mol. The molecule has 2 N–H and O–H groups in total. The molecule has 0 fully saturated rings. The van der Waals surface area contributed by atoms with Crippen LogP contribution in [0.15, 0.2) is 21.1 Å². The standard InChI is InChI=1S/C14H20Br2N2O2/c1-4-18(5-2)14(19)9(3)20-13-11(15)6-10(8-17)7-12(13)16/h6-7,9H,4-5,8,17H2,1-3H3. The summed E-state index contributed by atoms with van der Waals surface area (Å²) in [6.45, 7) is 7.47. The molecule has 0 spiro atoms. The van der Waals surface area contributed by atoms with E-state index in [9.17, 15) is 4.79 Å². The molecule has 20 heavy (non-hydrogen) atoms. The molecule has 4 nitrogen and oxygen atoms in total. The van der Waals surface area contributed by atoms with Crippen LogP contribution in [0.5, 0.6) is 5.75 Å². The Morgan fingerprint density at radius 2 is 1.80 bits per heavy atom. The largest absolute Gasteiger partial charge is 0.479 e. The minimum atomic E-state index is -0.536. The topological polar surface area (TPSA) is 55.6 Å². The molecule has 0 saturated heterocycles. The SMILES string of the molecule is CCN(CC)C(=O)C(C)Oc1c(Br)cc(CN)cc1Br. The van der Waals surface area contributed by atoms with Gasteiger partial charge < -0.3 is 15.4 Å². The van der Waals surface area contributed by atoms with Crippen molar-refractivity contribution in [2.75, 3.05) is 13.1 Å². The molecule has 0 aliphatic heterocycles. The lowest BCUT2D eigenvalue weighted by molar-refractivity contribution is -0.137. The smallest absolute Gasteiger partial charge is 0.263 e. The summed E-state index contributed by atoms with van der Waals surface area (Å²) in [5.74, 6) is 0.604. The van der Waals surface area contributed by atoms with E-state index in [1.165, 1.54) is 0 Å². The van der Waals surface area contributed by atoms with Crippen molar-refractivity contribution in [2.45, 2.75) is 33.4 Å². The van der Waals surface area contributed by atoms with Gasteiger partial charge in [0.05, 0.1) is 8.95 Å². The summed E-state index contributed by atoms with van der Waals surface area (Å²) in [5.41, 5.74) is 6.60. The number of amides is 1. The van der Waals surface area contributed by atoms with Gasteiger partial charge in [-0.1, -0.05) is 0 Å². The highest BCUT2D eigenvalue weighted by Gasteiger charge is 2.21. The number of hydrogen-bond donors (Lipinski definition) is 1. The molecule has 1 aromatic carbocycles. The fraction of sp³-hybridized carbons (Fsp3) is 0.500. The van der Waals surface area contributed by atoms with E-state index < -0.39 is 6.10 Å². The molecule has 6 heteroatoms. The Bertz CT molecular complexity index is 453. The molecule has 0 radical (unpaired) electrons. The van der Waals surface area contributed by atoms with Crippen LogP contribution >= 0.6 is 31.9 Å². The predicted molar refractivity (Wildman–Crippen MR) is 87.8 cm³/mol. The van der Waals surface area contributed by atoms with Crippen LogP contribution < -0.4 is 10.5 Å². The average Bonchev–Trinajstić information content (AvgIpc) is 2.43. The van der Waals surface area contributed by atoms with Crippen LogP contribution in [0, 0.1) is 0 Å². The fourth-order valence-electron chi connectivity index (χ4n) is 1.86. The van der Waals surface area contributed by atoms with E-state index in [2.05, 4.69) is 31.9 Å². The number of hydrogen-bond acceptors (Lipinski definition) is 3. The van der Waals surface area contributed by atoms with E-state index in [4.69, 9.17) is 10.5 Å². The number of nitrogens with zero attached hydrogens (tertiary/aromatic N) is 1. The predicted octanol–water partition coefficient (Wildman–Crippen LogP) is 3.31. The maximum absolute atomic E-state index is 12.2. The van der Waals surface area contributed by atoms with E-state index in [0.717, 1.165) is 14.5 Å². The molecular formula is C14H20Br2N2O2. The second-order valence-electron chi connectivity index (χ2n) is 4.36. The minimum Gasteiger partial charge on any atom is -0.479 e. The first-order chi connectivity index (χ1) is 9.44. The summed E-state index contributed by atoms with van der Waals surface area (Å²) in [5, 5.41) is 0. The Labute approximate surface area is 136 Å². The highest BCUT2D eigenvalue weighted by atomic mass is 79.9. The van der Waals surface area contributed by atoms with E-state index in [1.54, 1.807) is 11.8 Å². The van der Waals surface area contributed by atoms with Crippen molar-refractivity contribution in [1.29, 1.82) is 0 Å². The zero-order valence-electron chi connectivity index (χ0n) is 12.0. The van der Waals surface area contributed by atoms with Crippen molar-refractivity contribution in [3.05, 3.63) is 26.6 Å². The molecule has 0 aliphatic rings. The van der Waals surface area contributed by atoms with Gasteiger partial charge in [0.25, 0.3) is 5.91 Å². The first-order valence-electron chi connectivity index (χ1n) is 6.57. The summed E-state index contributed by atoms with van der Waals surface area (Å²) in [7, 11) is 0. The molecule has 0 aliphatic carbocycles. The Balaban J connectivity index is 2.90. The van der Waals surface area contributed by atoms with Crippen molar-refractivity contribution in [3.63, 3.8) is 0 Å². The van der Waals surface area contributed by atoms with Gasteiger partial charge >= 0.3 is 0 Å². The molecule has 0 heterocycles. The summed E-state index contributed by atoms with van der Waals surface area (Å²) in [4.78, 5) is 14.0. The Hall–Kier alpha value is -0.590. The quantitative estimate of drug-likeness (QED) is 0.786. The maximum Gasteiger partial charge on any atom is 0.263 e. The lowest BCUT2D eigenvalue weighted by Gasteiger charge is -2.24. The molecule has 0 aromatic heterocycles. The highest BCUT2D eigenvalue weighted by Crippen LogP contribution is 2.35. The Morgan fingerprint density at radius 1 is 1.30 bits per heavy atom. The van der Waals surface area contributed by atoms with Crippen molar-refractivity contribution < 1.29 is 9.53 Å². The van der Waals surface area contributed by atoms with Crippen LogP contribution in [0.1, 0.15) is 26.3 Å². The van der Waals surface area contributed by atoms with Crippen molar-refractivity contribution in [3.8, 4) is 5.75 Å². The number of halogens is 2. The van der Waals surface area contributed by atoms with Gasteiger partial charge in [0, 0.05) is 19.6 Å². The number of carbonyl (C=O) groups excluding carboxylic acids is 1. The lowest BCUT2D eigenvalue weighted by atomic mass is 10.2. The van der Waals surface area contributed by atoms with Gasteiger partial charge in [-0.05, 0) is 70.3 Å². The molecule has 1 unspecified atom stereocenters. The second-order valence-corrected chi connectivity index (χ2v) is 6.07. The van der Waals surface area contributed by atoms with Crippen LogP contribution in [0.25, 0.3) is 0 Å². The Morgan fingerprint density at radius 3 is 2.20 bits per heavy atom. The number of carbonyl (C=O) groups is 1. The Kier molecular flexibility index (Phi) is 6.99. The van der Waals surface area contributed by atoms with Crippen LogP contribution in [0.2, 0.25) is 0 Å². The van der Waals surface area contributed by atoms with Gasteiger partial charge in [-0.15, -0.1) is 0 Å². The molecule has 0 saturated carbocycles. The molecule has 1 amide bonds. The monoisotopic (exact) mass is 406 g/mol. The summed E-state index contributed by atoms with van der Waals surface area (Å²) in [6, 6.07) is 3.80. The molecule has 1 atom stereocenters. The van der Waals surface area contributed by atoms with Gasteiger partial charge in [-0.25, -0.2) is 0 Å².